The molecule has 1 rings (SSSR count). The van der Waals surface area contributed by atoms with Crippen molar-refractivity contribution in [1.29, 1.82) is 5.26 Å². The SMILES string of the molecule is C[S+]([O-])c1cc(C#N)ccc1C=O. The van der Waals surface area contributed by atoms with E-state index in [0.29, 0.717) is 22.3 Å². The van der Waals surface area contributed by atoms with Crippen LogP contribution in [-0.4, -0.2) is 17.1 Å². The Hall–Kier alpha value is -1.31. The van der Waals surface area contributed by atoms with E-state index in [1.807, 2.05) is 6.07 Å². The van der Waals surface area contributed by atoms with Gasteiger partial charge in [-0.25, -0.2) is 0 Å². The molecule has 0 saturated heterocycles. The van der Waals surface area contributed by atoms with E-state index in [2.05, 4.69) is 0 Å². The highest BCUT2D eigenvalue weighted by atomic mass is 32.2. The Morgan fingerprint density at radius 3 is 2.77 bits per heavy atom. The third kappa shape index (κ3) is 2.08. The zero-order valence-electron chi connectivity index (χ0n) is 6.98. The molecular weight excluding hydrogens is 186 g/mol. The zero-order chi connectivity index (χ0) is 9.84. The van der Waals surface area contributed by atoms with Crippen LogP contribution in [0, 0.1) is 11.3 Å². The molecule has 1 aromatic carbocycles. The van der Waals surface area contributed by atoms with E-state index in [1.54, 1.807) is 0 Å². The van der Waals surface area contributed by atoms with Gasteiger partial charge in [0.05, 0.1) is 17.2 Å². The Labute approximate surface area is 79.2 Å². The van der Waals surface area contributed by atoms with Crippen LogP contribution in [0.1, 0.15) is 15.9 Å². The topological polar surface area (TPSA) is 63.9 Å². The van der Waals surface area contributed by atoms with Crippen molar-refractivity contribution < 1.29 is 9.35 Å². The van der Waals surface area contributed by atoms with Crippen LogP contribution in [0.5, 0.6) is 0 Å². The summed E-state index contributed by atoms with van der Waals surface area (Å²) in [6.45, 7) is 0. The van der Waals surface area contributed by atoms with Gasteiger partial charge in [0.25, 0.3) is 0 Å². The smallest absolute Gasteiger partial charge is 0.164 e. The fraction of sp³-hybridized carbons (Fsp3) is 0.111. The van der Waals surface area contributed by atoms with Gasteiger partial charge in [0, 0.05) is 6.07 Å². The van der Waals surface area contributed by atoms with Crippen molar-refractivity contribution in [3.8, 4) is 6.07 Å². The van der Waals surface area contributed by atoms with Crippen molar-refractivity contribution in [1.82, 2.24) is 0 Å². The predicted octanol–water partition coefficient (Wildman–Crippen LogP) is 1.11. The lowest BCUT2D eigenvalue weighted by Gasteiger charge is -2.06. The number of benzene rings is 1. The average Bonchev–Trinajstić information content (AvgIpc) is 2.16. The van der Waals surface area contributed by atoms with Crippen LogP contribution in [0.15, 0.2) is 23.1 Å². The summed E-state index contributed by atoms with van der Waals surface area (Å²) in [6.07, 6.45) is 2.11. The van der Waals surface area contributed by atoms with Crippen molar-refractivity contribution in [2.24, 2.45) is 0 Å². The average molecular weight is 193 g/mol. The summed E-state index contributed by atoms with van der Waals surface area (Å²) in [5.41, 5.74) is 0.788. The van der Waals surface area contributed by atoms with E-state index >= 15 is 0 Å². The van der Waals surface area contributed by atoms with E-state index in [-0.39, 0.29) is 0 Å². The monoisotopic (exact) mass is 193 g/mol. The number of carbonyl (C=O) groups is 1. The molecule has 0 fully saturated rings. The maximum absolute atomic E-state index is 11.1. The molecule has 0 aliphatic carbocycles. The van der Waals surface area contributed by atoms with Gasteiger partial charge in [-0.2, -0.15) is 5.26 Å². The lowest BCUT2D eigenvalue weighted by molar-refractivity contribution is 0.112. The van der Waals surface area contributed by atoms with Crippen LogP contribution in [0.4, 0.5) is 0 Å². The first-order valence-corrected chi connectivity index (χ1v) is 5.07. The number of nitriles is 1. The third-order valence-electron chi connectivity index (χ3n) is 1.58. The number of aldehydes is 1. The zero-order valence-corrected chi connectivity index (χ0v) is 7.80. The first kappa shape index (κ1) is 9.78. The maximum atomic E-state index is 11.1. The fourth-order valence-corrected chi connectivity index (χ4v) is 1.69. The minimum absolute atomic E-state index is 0.375. The quantitative estimate of drug-likeness (QED) is 0.522. The van der Waals surface area contributed by atoms with E-state index in [4.69, 9.17) is 5.26 Å². The number of hydrogen-bond donors (Lipinski definition) is 0. The Morgan fingerprint density at radius 2 is 2.31 bits per heavy atom. The first-order valence-electron chi connectivity index (χ1n) is 3.52. The van der Waals surface area contributed by atoms with Gasteiger partial charge in [-0.1, -0.05) is 0 Å². The molecule has 0 radical (unpaired) electrons. The summed E-state index contributed by atoms with van der Waals surface area (Å²) < 4.78 is 11.1. The highest BCUT2D eigenvalue weighted by Gasteiger charge is 2.11. The minimum Gasteiger partial charge on any atom is -0.612 e. The molecule has 0 spiro atoms. The summed E-state index contributed by atoms with van der Waals surface area (Å²) in [6, 6.07) is 6.43. The van der Waals surface area contributed by atoms with Crippen molar-refractivity contribution >= 4 is 17.5 Å². The molecule has 0 amide bonds. The predicted molar refractivity (Wildman–Crippen MR) is 48.9 cm³/mol. The van der Waals surface area contributed by atoms with Crippen LogP contribution in [0.25, 0.3) is 0 Å². The molecule has 1 aromatic rings. The molecule has 0 aromatic heterocycles. The highest BCUT2D eigenvalue weighted by molar-refractivity contribution is 7.90. The third-order valence-corrected chi connectivity index (χ3v) is 2.55. The van der Waals surface area contributed by atoms with E-state index < -0.39 is 11.2 Å². The fourth-order valence-electron chi connectivity index (χ4n) is 0.950. The van der Waals surface area contributed by atoms with Gasteiger partial charge in [-0.3, -0.25) is 4.79 Å². The summed E-state index contributed by atoms with van der Waals surface area (Å²) in [5, 5.41) is 8.57. The largest absolute Gasteiger partial charge is 0.612 e. The molecular formula is C9H7NO2S. The van der Waals surface area contributed by atoms with Crippen LogP contribution in [0.3, 0.4) is 0 Å². The van der Waals surface area contributed by atoms with Crippen LogP contribution >= 0.6 is 0 Å². The molecule has 13 heavy (non-hydrogen) atoms. The second-order valence-electron chi connectivity index (χ2n) is 2.44. The van der Waals surface area contributed by atoms with E-state index in [9.17, 15) is 9.35 Å². The Kier molecular flexibility index (Phi) is 3.07. The van der Waals surface area contributed by atoms with Crippen LogP contribution in [0.2, 0.25) is 0 Å². The van der Waals surface area contributed by atoms with Gasteiger partial charge in [0.2, 0.25) is 0 Å². The van der Waals surface area contributed by atoms with Gasteiger partial charge in [-0.05, 0) is 23.3 Å². The number of hydrogen-bond acceptors (Lipinski definition) is 3. The lowest BCUT2D eigenvalue weighted by atomic mass is 10.2. The van der Waals surface area contributed by atoms with Gasteiger partial charge >= 0.3 is 0 Å². The van der Waals surface area contributed by atoms with Crippen molar-refractivity contribution in [2.45, 2.75) is 4.90 Å². The summed E-state index contributed by atoms with van der Waals surface area (Å²) in [7, 11) is 0. The van der Waals surface area contributed by atoms with Gasteiger partial charge in [0.1, 0.15) is 6.26 Å². The molecule has 1 atom stereocenters. The molecule has 0 heterocycles. The minimum atomic E-state index is -1.23. The summed E-state index contributed by atoms with van der Waals surface area (Å²) in [5.74, 6) is 0. The summed E-state index contributed by atoms with van der Waals surface area (Å²) >= 11 is -1.23. The van der Waals surface area contributed by atoms with Crippen molar-refractivity contribution in [2.75, 3.05) is 6.26 Å². The molecule has 0 saturated carbocycles. The Bertz CT molecular complexity index is 368. The molecule has 0 N–H and O–H groups in total. The molecule has 4 heteroatoms. The second-order valence-corrected chi connectivity index (χ2v) is 3.78. The molecule has 1 unspecified atom stereocenters. The second kappa shape index (κ2) is 4.08. The molecule has 0 aliphatic rings. The van der Waals surface area contributed by atoms with E-state index in [1.165, 1.54) is 24.5 Å². The maximum Gasteiger partial charge on any atom is 0.164 e. The standard InChI is InChI=1S/C9H7NO2S/c1-13(12)9-4-7(5-10)2-3-8(9)6-11/h2-4,6H,1H3. The summed E-state index contributed by atoms with van der Waals surface area (Å²) in [4.78, 5) is 10.9. The Balaban J connectivity index is 3.27. The van der Waals surface area contributed by atoms with Crippen LogP contribution in [-0.2, 0) is 11.2 Å². The van der Waals surface area contributed by atoms with E-state index in [0.717, 1.165) is 0 Å². The molecule has 0 bridgehead atoms. The molecule has 0 aliphatic heterocycles. The van der Waals surface area contributed by atoms with Crippen LogP contribution < -0.4 is 0 Å². The van der Waals surface area contributed by atoms with Crippen molar-refractivity contribution in [3.05, 3.63) is 29.3 Å². The number of rotatable bonds is 2. The molecule has 66 valence electrons. The molecule has 3 nitrogen and oxygen atoms in total. The lowest BCUT2D eigenvalue weighted by Crippen LogP contribution is -2.02. The normalized spacial score (nSPS) is 11.8. The van der Waals surface area contributed by atoms with Crippen molar-refractivity contribution in [3.63, 3.8) is 0 Å². The highest BCUT2D eigenvalue weighted by Crippen LogP contribution is 2.15. The van der Waals surface area contributed by atoms with Gasteiger partial charge in [-0.15, -0.1) is 0 Å². The van der Waals surface area contributed by atoms with Gasteiger partial charge in [0.15, 0.2) is 11.2 Å². The van der Waals surface area contributed by atoms with Gasteiger partial charge < -0.3 is 4.55 Å². The first-order chi connectivity index (χ1) is 6.19. The Morgan fingerprint density at radius 1 is 1.62 bits per heavy atom. The number of nitrogens with zero attached hydrogens (tertiary/aromatic N) is 1. The number of carbonyl (C=O) groups excluding carboxylic acids is 1.